The van der Waals surface area contributed by atoms with Gasteiger partial charge < -0.3 is 4.74 Å². The van der Waals surface area contributed by atoms with Crippen molar-refractivity contribution in [1.82, 2.24) is 0 Å². The minimum absolute atomic E-state index is 0. The van der Waals surface area contributed by atoms with Gasteiger partial charge in [-0.3, -0.25) is 9.59 Å². The molecule has 0 saturated carbocycles. The van der Waals surface area contributed by atoms with Crippen LogP contribution in [0.2, 0.25) is 0 Å². The Morgan fingerprint density at radius 2 is 1.95 bits per heavy atom. The van der Waals surface area contributed by atoms with Crippen molar-refractivity contribution in [2.24, 2.45) is 5.92 Å². The summed E-state index contributed by atoms with van der Waals surface area (Å²) in [4.78, 5) is 24.3. The molecule has 1 unspecified atom stereocenters. The number of hydrogen-bond acceptors (Lipinski definition) is 3. The van der Waals surface area contributed by atoms with E-state index in [-0.39, 0.29) is 56.8 Å². The SMILES string of the molecule is CCOC(=O)CC1CCc2c(C)[c-]c(C)c(C)c2C1=O.[Y]. The molecular weight excluding hydrogens is 341 g/mol. The van der Waals surface area contributed by atoms with Crippen LogP contribution in [0, 0.1) is 32.8 Å². The summed E-state index contributed by atoms with van der Waals surface area (Å²) in [7, 11) is 0. The number of benzene rings is 1. The maximum Gasteiger partial charge on any atom is 0.306 e. The largest absolute Gasteiger partial charge is 0.466 e. The van der Waals surface area contributed by atoms with Crippen LogP contribution in [0.1, 0.15) is 52.4 Å². The third-order valence-electron chi connectivity index (χ3n) is 4.15. The van der Waals surface area contributed by atoms with Gasteiger partial charge in [-0.2, -0.15) is 17.2 Å². The molecule has 111 valence electrons. The van der Waals surface area contributed by atoms with E-state index in [0.29, 0.717) is 6.61 Å². The number of ketones is 1. The van der Waals surface area contributed by atoms with Crippen molar-refractivity contribution in [2.75, 3.05) is 6.61 Å². The number of carbonyl (C=O) groups excluding carboxylic acids is 2. The first kappa shape index (κ1) is 18.5. The number of esters is 1. The van der Waals surface area contributed by atoms with Crippen molar-refractivity contribution in [3.05, 3.63) is 33.9 Å². The average Bonchev–Trinajstić information content (AvgIpc) is 2.38. The fraction of sp³-hybridized carbons (Fsp3) is 0.529. The van der Waals surface area contributed by atoms with E-state index in [4.69, 9.17) is 4.74 Å². The summed E-state index contributed by atoms with van der Waals surface area (Å²) >= 11 is 0. The molecular formula is C17H21O3Y-. The van der Waals surface area contributed by atoms with Crippen molar-refractivity contribution in [3.8, 4) is 0 Å². The van der Waals surface area contributed by atoms with Crippen molar-refractivity contribution < 1.29 is 47.0 Å². The number of ether oxygens (including phenoxy) is 1. The second kappa shape index (κ2) is 7.64. The number of aryl methyl sites for hydroxylation is 2. The predicted octanol–water partition coefficient (Wildman–Crippen LogP) is 3.11. The average molecular weight is 362 g/mol. The Bertz CT molecular complexity index is 564. The quantitative estimate of drug-likeness (QED) is 0.613. The van der Waals surface area contributed by atoms with Crippen LogP contribution < -0.4 is 0 Å². The van der Waals surface area contributed by atoms with E-state index in [9.17, 15) is 9.59 Å². The zero-order valence-corrected chi connectivity index (χ0v) is 16.0. The van der Waals surface area contributed by atoms with E-state index in [1.54, 1.807) is 6.92 Å². The minimum Gasteiger partial charge on any atom is -0.466 e. The van der Waals surface area contributed by atoms with E-state index in [2.05, 4.69) is 6.07 Å². The third-order valence-corrected chi connectivity index (χ3v) is 4.15. The van der Waals surface area contributed by atoms with E-state index in [1.807, 2.05) is 20.8 Å². The normalized spacial score (nSPS) is 17.0. The van der Waals surface area contributed by atoms with Gasteiger partial charge in [0.2, 0.25) is 0 Å². The van der Waals surface area contributed by atoms with Crippen LogP contribution in [-0.2, 0) is 48.7 Å². The smallest absolute Gasteiger partial charge is 0.306 e. The third kappa shape index (κ3) is 3.81. The van der Waals surface area contributed by atoms with E-state index >= 15 is 0 Å². The van der Waals surface area contributed by atoms with Crippen LogP contribution >= 0.6 is 0 Å². The zero-order valence-electron chi connectivity index (χ0n) is 13.2. The Labute approximate surface area is 151 Å². The maximum atomic E-state index is 12.7. The summed E-state index contributed by atoms with van der Waals surface area (Å²) in [5.74, 6) is -0.415. The second-order valence-corrected chi connectivity index (χ2v) is 5.46. The summed E-state index contributed by atoms with van der Waals surface area (Å²) in [6.45, 7) is 8.09. The van der Waals surface area contributed by atoms with Crippen LogP contribution in [0.15, 0.2) is 0 Å². The molecule has 0 fully saturated rings. The molecule has 0 N–H and O–H groups in total. The number of carbonyl (C=O) groups is 2. The molecule has 0 aromatic heterocycles. The van der Waals surface area contributed by atoms with Gasteiger partial charge in [0.05, 0.1) is 13.0 Å². The molecule has 3 nitrogen and oxygen atoms in total. The van der Waals surface area contributed by atoms with Crippen LogP contribution in [0.4, 0.5) is 0 Å². The van der Waals surface area contributed by atoms with E-state index < -0.39 is 0 Å². The molecule has 0 spiro atoms. The van der Waals surface area contributed by atoms with Crippen molar-refractivity contribution >= 4 is 11.8 Å². The maximum absolute atomic E-state index is 12.7. The number of fused-ring (bicyclic) bond motifs is 1. The molecule has 0 heterocycles. The molecule has 1 radical (unpaired) electrons. The first-order chi connectivity index (χ1) is 9.45. The molecule has 1 aromatic carbocycles. The summed E-state index contributed by atoms with van der Waals surface area (Å²) < 4.78 is 4.96. The van der Waals surface area contributed by atoms with Gasteiger partial charge >= 0.3 is 5.97 Å². The molecule has 1 aromatic rings. The molecule has 1 aliphatic carbocycles. The molecule has 0 bridgehead atoms. The first-order valence-corrected chi connectivity index (χ1v) is 7.17. The second-order valence-electron chi connectivity index (χ2n) is 5.46. The monoisotopic (exact) mass is 362 g/mol. The number of Topliss-reactive ketones (excluding diaryl/α,β-unsaturated/α-hetero) is 1. The van der Waals surface area contributed by atoms with Gasteiger partial charge in [-0.15, -0.1) is 11.1 Å². The van der Waals surface area contributed by atoms with Crippen LogP contribution in [-0.4, -0.2) is 18.4 Å². The number of hydrogen-bond donors (Lipinski definition) is 0. The molecule has 0 saturated heterocycles. The summed E-state index contributed by atoms with van der Waals surface area (Å²) in [6, 6.07) is 3.32. The summed E-state index contributed by atoms with van der Waals surface area (Å²) in [5.41, 5.74) is 5.01. The zero-order chi connectivity index (χ0) is 14.9. The standard InChI is InChI=1S/C17H21O3.Y/c1-5-20-15(18)9-13-6-7-14-11(3)8-10(2)12(4)16(14)17(13)19;/h13H,5-7,9H2,1-4H3;/q-1;. The van der Waals surface area contributed by atoms with Gasteiger partial charge in [0.25, 0.3) is 0 Å². The molecule has 2 rings (SSSR count). The molecule has 1 atom stereocenters. The van der Waals surface area contributed by atoms with Gasteiger partial charge in [-0.25, -0.2) is 0 Å². The Morgan fingerprint density at radius 1 is 1.29 bits per heavy atom. The van der Waals surface area contributed by atoms with Gasteiger partial charge in [-0.1, -0.05) is 32.8 Å². The van der Waals surface area contributed by atoms with Gasteiger partial charge in [0.15, 0.2) is 0 Å². The van der Waals surface area contributed by atoms with Crippen molar-refractivity contribution in [3.63, 3.8) is 0 Å². The Kier molecular flexibility index (Phi) is 6.74. The fourth-order valence-corrected chi connectivity index (χ4v) is 2.97. The predicted molar refractivity (Wildman–Crippen MR) is 76.9 cm³/mol. The van der Waals surface area contributed by atoms with Crippen molar-refractivity contribution in [2.45, 2.75) is 47.0 Å². The van der Waals surface area contributed by atoms with E-state index in [1.165, 1.54) is 0 Å². The van der Waals surface area contributed by atoms with Gasteiger partial charge in [0.1, 0.15) is 5.78 Å². The fourth-order valence-electron chi connectivity index (χ4n) is 2.97. The van der Waals surface area contributed by atoms with Crippen LogP contribution in [0.25, 0.3) is 0 Å². The van der Waals surface area contributed by atoms with Crippen molar-refractivity contribution in [1.29, 1.82) is 0 Å². The van der Waals surface area contributed by atoms with Crippen LogP contribution in [0.3, 0.4) is 0 Å². The minimum atomic E-state index is -0.275. The van der Waals surface area contributed by atoms with Crippen LogP contribution in [0.5, 0.6) is 0 Å². The first-order valence-electron chi connectivity index (χ1n) is 7.17. The van der Waals surface area contributed by atoms with Gasteiger partial charge in [-0.05, 0) is 13.3 Å². The molecule has 1 aliphatic rings. The summed E-state index contributed by atoms with van der Waals surface area (Å²) in [6.07, 6.45) is 1.76. The Morgan fingerprint density at radius 3 is 2.57 bits per heavy atom. The molecule has 0 amide bonds. The summed E-state index contributed by atoms with van der Waals surface area (Å²) in [5, 5.41) is 0. The number of rotatable bonds is 3. The molecule has 21 heavy (non-hydrogen) atoms. The Balaban J connectivity index is 0.00000220. The molecule has 4 heteroatoms. The topological polar surface area (TPSA) is 43.4 Å². The Hall–Kier alpha value is -0.536. The van der Waals surface area contributed by atoms with Gasteiger partial charge in [0, 0.05) is 38.6 Å². The van der Waals surface area contributed by atoms with E-state index in [0.717, 1.165) is 40.7 Å². The molecule has 0 aliphatic heterocycles.